The minimum absolute atomic E-state index is 0.219. The standard InChI is InChI=1S/C28H35NO2/c1-3-31-28(30)24-14-8-12-22(18-24)23-13-9-15-25(19-23)29-20(2)26-16-6-4-10-21-11-5-7-17-27(21)26/h5,7-8,10-12,14,17-18,20,23,25,29H,3-4,6,9,13,15-16,19H2,1-2H3. The highest BCUT2D eigenvalue weighted by Gasteiger charge is 2.26. The molecule has 0 aromatic heterocycles. The molecule has 4 rings (SSSR count). The van der Waals surface area contributed by atoms with Gasteiger partial charge in [0.15, 0.2) is 0 Å². The van der Waals surface area contributed by atoms with E-state index in [1.165, 1.54) is 48.1 Å². The van der Waals surface area contributed by atoms with E-state index in [4.69, 9.17) is 4.74 Å². The SMILES string of the molecule is CCOC(=O)c1cccc(C2CCCC(NC(C)C3=c4ccccc4=CCCC3)C2)c1. The average molecular weight is 418 g/mol. The smallest absolute Gasteiger partial charge is 0.338 e. The van der Waals surface area contributed by atoms with Gasteiger partial charge in [-0.05, 0) is 92.0 Å². The predicted octanol–water partition coefficient (Wildman–Crippen LogP) is 4.68. The lowest BCUT2D eigenvalue weighted by Gasteiger charge is -2.33. The van der Waals surface area contributed by atoms with Gasteiger partial charge in [-0.3, -0.25) is 0 Å². The summed E-state index contributed by atoms with van der Waals surface area (Å²) in [6.07, 6.45) is 10.7. The number of rotatable bonds is 6. The van der Waals surface area contributed by atoms with E-state index in [9.17, 15) is 4.79 Å². The molecule has 164 valence electrons. The molecule has 2 aromatic rings. The second-order valence-electron chi connectivity index (χ2n) is 9.00. The van der Waals surface area contributed by atoms with Crippen molar-refractivity contribution in [3.05, 3.63) is 70.1 Å². The third-order valence-electron chi connectivity index (χ3n) is 6.87. The van der Waals surface area contributed by atoms with Crippen molar-refractivity contribution in [1.29, 1.82) is 0 Å². The Morgan fingerprint density at radius 1 is 1.13 bits per heavy atom. The summed E-state index contributed by atoms with van der Waals surface area (Å²) in [7, 11) is 0. The molecule has 3 nitrogen and oxygen atoms in total. The maximum absolute atomic E-state index is 12.2. The molecule has 1 saturated carbocycles. The second-order valence-corrected chi connectivity index (χ2v) is 9.00. The van der Waals surface area contributed by atoms with Gasteiger partial charge in [0, 0.05) is 12.1 Å². The number of carbonyl (C=O) groups is 1. The minimum atomic E-state index is -0.219. The van der Waals surface area contributed by atoms with Gasteiger partial charge in [-0.1, -0.05) is 48.9 Å². The number of hydrogen-bond acceptors (Lipinski definition) is 3. The van der Waals surface area contributed by atoms with Gasteiger partial charge >= 0.3 is 5.97 Å². The Morgan fingerprint density at radius 2 is 2.00 bits per heavy atom. The average Bonchev–Trinajstić information content (AvgIpc) is 3.02. The number of hydrogen-bond donors (Lipinski definition) is 1. The lowest BCUT2D eigenvalue weighted by Crippen LogP contribution is -2.42. The Kier molecular flexibility index (Phi) is 7.24. The number of ether oxygens (including phenoxy) is 1. The molecule has 0 amide bonds. The van der Waals surface area contributed by atoms with Crippen molar-refractivity contribution >= 4 is 17.6 Å². The molecule has 3 unspecified atom stereocenters. The summed E-state index contributed by atoms with van der Waals surface area (Å²) >= 11 is 0. The number of fused-ring (bicyclic) bond motifs is 1. The topological polar surface area (TPSA) is 38.3 Å². The van der Waals surface area contributed by atoms with E-state index in [1.807, 2.05) is 25.1 Å². The quantitative estimate of drug-likeness (QED) is 0.694. The van der Waals surface area contributed by atoms with E-state index in [-0.39, 0.29) is 5.97 Å². The van der Waals surface area contributed by atoms with Gasteiger partial charge < -0.3 is 10.1 Å². The number of nitrogens with one attached hydrogen (secondary N) is 1. The van der Waals surface area contributed by atoms with Gasteiger partial charge in [-0.15, -0.1) is 0 Å². The van der Waals surface area contributed by atoms with Crippen LogP contribution in [-0.4, -0.2) is 24.7 Å². The van der Waals surface area contributed by atoms with Gasteiger partial charge in [0.2, 0.25) is 0 Å². The fourth-order valence-electron chi connectivity index (χ4n) is 5.33. The lowest BCUT2D eigenvalue weighted by atomic mass is 9.80. The second kappa shape index (κ2) is 10.3. The van der Waals surface area contributed by atoms with E-state index in [2.05, 4.69) is 48.6 Å². The van der Waals surface area contributed by atoms with Crippen LogP contribution in [0.4, 0.5) is 0 Å². The van der Waals surface area contributed by atoms with Crippen molar-refractivity contribution in [2.45, 2.75) is 76.8 Å². The molecule has 2 aliphatic carbocycles. The van der Waals surface area contributed by atoms with Crippen LogP contribution in [0.2, 0.25) is 0 Å². The summed E-state index contributed by atoms with van der Waals surface area (Å²) in [5.41, 5.74) is 3.49. The van der Waals surface area contributed by atoms with Crippen LogP contribution in [0.1, 0.15) is 80.6 Å². The van der Waals surface area contributed by atoms with E-state index < -0.39 is 0 Å². The predicted molar refractivity (Wildman–Crippen MR) is 127 cm³/mol. The molecular formula is C28H35NO2. The molecule has 0 saturated heterocycles. The van der Waals surface area contributed by atoms with Crippen molar-refractivity contribution in [3.8, 4) is 0 Å². The van der Waals surface area contributed by atoms with Gasteiger partial charge in [0.25, 0.3) is 0 Å². The van der Waals surface area contributed by atoms with Crippen molar-refractivity contribution in [1.82, 2.24) is 5.32 Å². The monoisotopic (exact) mass is 417 g/mol. The van der Waals surface area contributed by atoms with E-state index in [0.29, 0.717) is 30.2 Å². The maximum atomic E-state index is 12.2. The zero-order valence-corrected chi connectivity index (χ0v) is 18.9. The third kappa shape index (κ3) is 5.27. The Bertz CT molecular complexity index is 1030. The highest BCUT2D eigenvalue weighted by Crippen LogP contribution is 2.34. The largest absolute Gasteiger partial charge is 0.462 e. The van der Waals surface area contributed by atoms with Crippen LogP contribution in [0.3, 0.4) is 0 Å². The molecule has 3 atom stereocenters. The Balaban J connectivity index is 1.48. The first-order chi connectivity index (χ1) is 15.2. The van der Waals surface area contributed by atoms with Crippen LogP contribution in [-0.2, 0) is 4.74 Å². The molecule has 0 aliphatic heterocycles. The molecule has 1 fully saturated rings. The Hall–Kier alpha value is -2.39. The third-order valence-corrected chi connectivity index (χ3v) is 6.87. The number of benzene rings is 2. The van der Waals surface area contributed by atoms with E-state index in [1.54, 1.807) is 5.57 Å². The highest BCUT2D eigenvalue weighted by molar-refractivity contribution is 5.89. The summed E-state index contributed by atoms with van der Waals surface area (Å²) in [5.74, 6) is 0.274. The van der Waals surface area contributed by atoms with Crippen LogP contribution >= 0.6 is 0 Å². The van der Waals surface area contributed by atoms with Crippen LogP contribution in [0.25, 0.3) is 11.6 Å². The molecule has 0 bridgehead atoms. The molecule has 0 spiro atoms. The van der Waals surface area contributed by atoms with Crippen molar-refractivity contribution in [3.63, 3.8) is 0 Å². The molecule has 1 N–H and O–H groups in total. The first-order valence-corrected chi connectivity index (χ1v) is 12.0. The summed E-state index contributed by atoms with van der Waals surface area (Å²) in [5, 5.41) is 6.79. The number of esters is 1. The van der Waals surface area contributed by atoms with Crippen LogP contribution < -0.4 is 15.8 Å². The van der Waals surface area contributed by atoms with Crippen molar-refractivity contribution < 1.29 is 9.53 Å². The molecule has 0 radical (unpaired) electrons. The molecule has 3 heteroatoms. The Labute approximate surface area is 186 Å². The zero-order chi connectivity index (χ0) is 21.6. The lowest BCUT2D eigenvalue weighted by molar-refractivity contribution is 0.0526. The summed E-state index contributed by atoms with van der Waals surface area (Å²) in [6, 6.07) is 17.8. The minimum Gasteiger partial charge on any atom is -0.462 e. The summed E-state index contributed by atoms with van der Waals surface area (Å²) < 4.78 is 5.19. The molecule has 31 heavy (non-hydrogen) atoms. The summed E-state index contributed by atoms with van der Waals surface area (Å²) in [6.45, 7) is 4.60. The highest BCUT2D eigenvalue weighted by atomic mass is 16.5. The first-order valence-electron chi connectivity index (χ1n) is 12.0. The van der Waals surface area contributed by atoms with Crippen molar-refractivity contribution in [2.75, 3.05) is 6.61 Å². The maximum Gasteiger partial charge on any atom is 0.338 e. The van der Waals surface area contributed by atoms with Gasteiger partial charge in [-0.25, -0.2) is 4.79 Å². The van der Waals surface area contributed by atoms with Gasteiger partial charge in [-0.2, -0.15) is 0 Å². The van der Waals surface area contributed by atoms with Crippen molar-refractivity contribution in [2.24, 2.45) is 0 Å². The summed E-state index contributed by atoms with van der Waals surface area (Å²) in [4.78, 5) is 12.2. The van der Waals surface area contributed by atoms with Crippen LogP contribution in [0.15, 0.2) is 48.5 Å². The van der Waals surface area contributed by atoms with E-state index >= 15 is 0 Å². The molecule has 2 aliphatic rings. The fourth-order valence-corrected chi connectivity index (χ4v) is 5.33. The Morgan fingerprint density at radius 3 is 2.87 bits per heavy atom. The normalized spacial score (nSPS) is 22.1. The molecular weight excluding hydrogens is 382 g/mol. The van der Waals surface area contributed by atoms with Crippen LogP contribution in [0, 0.1) is 0 Å². The molecule has 0 heterocycles. The number of carbonyl (C=O) groups excluding carboxylic acids is 1. The van der Waals surface area contributed by atoms with Gasteiger partial charge in [0.1, 0.15) is 0 Å². The van der Waals surface area contributed by atoms with Crippen LogP contribution in [0.5, 0.6) is 0 Å². The first kappa shape index (κ1) is 21.8. The molecule has 2 aromatic carbocycles. The zero-order valence-electron chi connectivity index (χ0n) is 18.9. The van der Waals surface area contributed by atoms with Gasteiger partial charge in [0.05, 0.1) is 12.2 Å². The van der Waals surface area contributed by atoms with E-state index in [0.717, 1.165) is 12.8 Å². The fraction of sp³-hybridized carbons (Fsp3) is 0.464.